The average molecular weight is 500 g/mol. The van der Waals surface area contributed by atoms with Crippen LogP contribution in [0.4, 0.5) is 5.13 Å². The van der Waals surface area contributed by atoms with Crippen LogP contribution in [-0.4, -0.2) is 55.2 Å². The van der Waals surface area contributed by atoms with E-state index in [9.17, 15) is 4.79 Å². The predicted molar refractivity (Wildman–Crippen MR) is 144 cm³/mol. The summed E-state index contributed by atoms with van der Waals surface area (Å²) in [5.74, 6) is 1.04. The zero-order chi connectivity index (χ0) is 24.6. The number of para-hydroxylation sites is 2. The van der Waals surface area contributed by atoms with E-state index in [4.69, 9.17) is 14.5 Å². The van der Waals surface area contributed by atoms with Gasteiger partial charge >= 0.3 is 0 Å². The van der Waals surface area contributed by atoms with Crippen LogP contribution in [0.5, 0.6) is 11.5 Å². The molecule has 6 nitrogen and oxygen atoms in total. The lowest BCUT2D eigenvalue weighted by molar-refractivity contribution is -0.119. The Kier molecular flexibility index (Phi) is 6.21. The van der Waals surface area contributed by atoms with Crippen molar-refractivity contribution in [2.45, 2.75) is 19.8 Å². The molecule has 184 valence electrons. The highest BCUT2D eigenvalue weighted by atomic mass is 32.1. The third-order valence-corrected chi connectivity index (χ3v) is 8.31. The summed E-state index contributed by atoms with van der Waals surface area (Å²) in [6, 6.07) is 19.9. The second kappa shape index (κ2) is 9.65. The van der Waals surface area contributed by atoms with Gasteiger partial charge in [0.1, 0.15) is 11.5 Å². The molecule has 0 bridgehead atoms. The van der Waals surface area contributed by atoms with Gasteiger partial charge in [0, 0.05) is 37.3 Å². The van der Waals surface area contributed by atoms with Gasteiger partial charge in [-0.2, -0.15) is 0 Å². The zero-order valence-corrected chi connectivity index (χ0v) is 21.4. The molecule has 1 saturated heterocycles. The van der Waals surface area contributed by atoms with Crippen molar-refractivity contribution in [3.63, 3.8) is 0 Å². The molecule has 2 aliphatic rings. The fourth-order valence-corrected chi connectivity index (χ4v) is 6.20. The molecule has 4 aromatic rings. The minimum absolute atomic E-state index is 0.0285. The van der Waals surface area contributed by atoms with E-state index in [0.717, 1.165) is 76.4 Å². The van der Waals surface area contributed by atoms with E-state index in [0.29, 0.717) is 6.54 Å². The molecular weight excluding hydrogens is 470 g/mol. The first kappa shape index (κ1) is 23.2. The number of aromatic nitrogens is 1. The number of anilines is 1. The number of hydrogen-bond acceptors (Lipinski definition) is 6. The molecule has 0 atom stereocenters. The van der Waals surface area contributed by atoms with Crippen molar-refractivity contribution < 1.29 is 14.3 Å². The van der Waals surface area contributed by atoms with Crippen LogP contribution in [0.1, 0.15) is 28.2 Å². The van der Waals surface area contributed by atoms with Gasteiger partial charge in [-0.1, -0.05) is 59.9 Å². The maximum absolute atomic E-state index is 14.5. The van der Waals surface area contributed by atoms with E-state index >= 15 is 0 Å². The van der Waals surface area contributed by atoms with Gasteiger partial charge in [0.15, 0.2) is 5.13 Å². The molecule has 0 radical (unpaired) electrons. The van der Waals surface area contributed by atoms with Crippen molar-refractivity contribution in [2.24, 2.45) is 0 Å². The lowest BCUT2D eigenvalue weighted by atomic mass is 9.87. The molecule has 0 aliphatic carbocycles. The summed E-state index contributed by atoms with van der Waals surface area (Å²) in [5, 5.41) is 0.752. The second-order valence-corrected chi connectivity index (χ2v) is 10.4. The van der Waals surface area contributed by atoms with E-state index in [2.05, 4.69) is 30.9 Å². The van der Waals surface area contributed by atoms with Crippen molar-refractivity contribution in [2.75, 3.05) is 44.3 Å². The number of carbonyl (C=O) groups is 1. The molecule has 0 saturated carbocycles. The highest BCUT2D eigenvalue weighted by molar-refractivity contribution is 7.22. The Morgan fingerprint density at radius 2 is 1.61 bits per heavy atom. The molecule has 6 rings (SSSR count). The second-order valence-electron chi connectivity index (χ2n) is 9.43. The molecule has 0 unspecified atom stereocenters. The minimum Gasteiger partial charge on any atom is -0.457 e. The molecule has 36 heavy (non-hydrogen) atoms. The SMILES string of the molecule is Cc1ccc(C)c2sc(N(CCN3CCOCC3)C(=O)C3c4ccccc4Oc4ccccc43)nc12. The average Bonchev–Trinajstić information content (AvgIpc) is 3.36. The third kappa shape index (κ3) is 4.17. The molecule has 0 N–H and O–H groups in total. The molecular formula is C29H29N3O3S. The summed E-state index contributed by atoms with van der Waals surface area (Å²) < 4.78 is 12.8. The molecule has 7 heteroatoms. The van der Waals surface area contributed by atoms with Gasteiger partial charge in [-0.3, -0.25) is 14.6 Å². The van der Waals surface area contributed by atoms with Crippen molar-refractivity contribution in [3.8, 4) is 11.5 Å². The summed E-state index contributed by atoms with van der Waals surface area (Å²) in [7, 11) is 0. The third-order valence-electron chi connectivity index (χ3n) is 7.10. The van der Waals surface area contributed by atoms with Gasteiger partial charge < -0.3 is 9.47 Å². The number of amides is 1. The van der Waals surface area contributed by atoms with Gasteiger partial charge in [0.25, 0.3) is 0 Å². The molecule has 1 amide bonds. The smallest absolute Gasteiger partial charge is 0.241 e. The summed E-state index contributed by atoms with van der Waals surface area (Å²) in [6.45, 7) is 8.74. The highest BCUT2D eigenvalue weighted by Crippen LogP contribution is 2.45. The van der Waals surface area contributed by atoms with Gasteiger partial charge in [-0.05, 0) is 37.1 Å². The molecule has 3 aromatic carbocycles. The van der Waals surface area contributed by atoms with Crippen LogP contribution >= 0.6 is 11.3 Å². The van der Waals surface area contributed by atoms with Crippen LogP contribution in [0.25, 0.3) is 10.2 Å². The lowest BCUT2D eigenvalue weighted by Gasteiger charge is -2.33. The summed E-state index contributed by atoms with van der Waals surface area (Å²) in [6.07, 6.45) is 0. The summed E-state index contributed by atoms with van der Waals surface area (Å²) >= 11 is 1.61. The predicted octanol–water partition coefficient (Wildman–Crippen LogP) is 5.52. The molecule has 0 spiro atoms. The fourth-order valence-electron chi connectivity index (χ4n) is 5.06. The first-order valence-electron chi connectivity index (χ1n) is 12.4. The number of benzene rings is 3. The van der Waals surface area contributed by atoms with E-state index in [-0.39, 0.29) is 5.91 Å². The maximum atomic E-state index is 14.5. The van der Waals surface area contributed by atoms with Gasteiger partial charge in [0.2, 0.25) is 5.91 Å². The lowest BCUT2D eigenvalue weighted by Crippen LogP contribution is -2.44. The Morgan fingerprint density at radius 3 is 2.28 bits per heavy atom. The van der Waals surface area contributed by atoms with Crippen LogP contribution in [0.2, 0.25) is 0 Å². The van der Waals surface area contributed by atoms with Crippen molar-refractivity contribution >= 4 is 32.6 Å². The van der Waals surface area contributed by atoms with E-state index in [1.807, 2.05) is 53.4 Å². The van der Waals surface area contributed by atoms with Gasteiger partial charge in [-0.25, -0.2) is 4.98 Å². The van der Waals surface area contributed by atoms with Crippen LogP contribution in [-0.2, 0) is 9.53 Å². The first-order valence-corrected chi connectivity index (χ1v) is 13.3. The van der Waals surface area contributed by atoms with Crippen molar-refractivity contribution in [1.82, 2.24) is 9.88 Å². The zero-order valence-electron chi connectivity index (χ0n) is 20.6. The largest absolute Gasteiger partial charge is 0.457 e. The number of fused-ring (bicyclic) bond motifs is 3. The minimum atomic E-state index is -0.454. The van der Waals surface area contributed by atoms with Crippen LogP contribution in [0.3, 0.4) is 0 Å². The van der Waals surface area contributed by atoms with Crippen molar-refractivity contribution in [3.05, 3.63) is 82.9 Å². The number of aryl methyl sites for hydroxylation is 2. The van der Waals surface area contributed by atoms with E-state index in [1.54, 1.807) is 11.3 Å². The summed E-state index contributed by atoms with van der Waals surface area (Å²) in [5.41, 5.74) is 5.08. The fraction of sp³-hybridized carbons (Fsp3) is 0.310. The first-order chi connectivity index (χ1) is 17.6. The van der Waals surface area contributed by atoms with Crippen LogP contribution in [0, 0.1) is 13.8 Å². The number of nitrogens with zero attached hydrogens (tertiary/aromatic N) is 3. The normalized spacial score (nSPS) is 15.8. The standard InChI is InChI=1S/C29H29N3O3S/c1-19-11-12-20(2)27-26(19)30-29(36-27)32(14-13-31-15-17-34-18-16-31)28(33)25-21-7-3-5-9-23(21)35-24-10-6-4-8-22(24)25/h3-12,25H,13-18H2,1-2H3. The van der Waals surface area contributed by atoms with E-state index in [1.165, 1.54) is 5.56 Å². The van der Waals surface area contributed by atoms with Gasteiger partial charge in [0.05, 0.1) is 29.3 Å². The molecule has 1 aromatic heterocycles. The maximum Gasteiger partial charge on any atom is 0.241 e. The van der Waals surface area contributed by atoms with Crippen LogP contribution < -0.4 is 9.64 Å². The summed E-state index contributed by atoms with van der Waals surface area (Å²) in [4.78, 5) is 23.8. The molecule has 3 heterocycles. The molecule has 2 aliphatic heterocycles. The highest BCUT2D eigenvalue weighted by Gasteiger charge is 2.36. The Hall–Kier alpha value is -3.26. The number of rotatable bonds is 5. The number of hydrogen-bond donors (Lipinski definition) is 0. The van der Waals surface area contributed by atoms with Crippen molar-refractivity contribution in [1.29, 1.82) is 0 Å². The van der Waals surface area contributed by atoms with Gasteiger partial charge in [-0.15, -0.1) is 0 Å². The Morgan fingerprint density at radius 1 is 0.972 bits per heavy atom. The number of carbonyl (C=O) groups excluding carboxylic acids is 1. The van der Waals surface area contributed by atoms with E-state index < -0.39 is 5.92 Å². The molecule has 1 fully saturated rings. The quantitative estimate of drug-likeness (QED) is 0.362. The Balaban J connectivity index is 1.43. The van der Waals surface area contributed by atoms with Crippen LogP contribution in [0.15, 0.2) is 60.7 Å². The number of morpholine rings is 1. The topological polar surface area (TPSA) is 54.9 Å². The Labute approximate surface area is 215 Å². The monoisotopic (exact) mass is 499 g/mol. The Bertz CT molecular complexity index is 1340. The number of ether oxygens (including phenoxy) is 2. The number of thiazole rings is 1.